The van der Waals surface area contributed by atoms with Gasteiger partial charge < -0.3 is 10.0 Å². The van der Waals surface area contributed by atoms with Crippen LogP contribution < -0.4 is 4.83 Å². The van der Waals surface area contributed by atoms with Crippen molar-refractivity contribution in [3.63, 3.8) is 0 Å². The number of nitrogens with zero attached hydrogens (tertiary/aromatic N) is 3. The molecule has 1 aliphatic rings. The van der Waals surface area contributed by atoms with Gasteiger partial charge in [-0.1, -0.05) is 11.8 Å². The number of sulfonamides is 1. The molecule has 0 atom stereocenters. The number of pyridine rings is 1. The average molecular weight is 310 g/mol. The number of hydrazine groups is 1. The van der Waals surface area contributed by atoms with Crippen LogP contribution in [0.4, 0.5) is 0 Å². The van der Waals surface area contributed by atoms with Crippen molar-refractivity contribution in [1.29, 1.82) is 0 Å². The lowest BCUT2D eigenvalue weighted by molar-refractivity contribution is 0.135. The monoisotopic (exact) mass is 310 g/mol. The van der Waals surface area contributed by atoms with E-state index in [0.29, 0.717) is 18.7 Å². The fraction of sp³-hybridized carbons (Fsp3) is 0.462. The second kappa shape index (κ2) is 6.98. The lowest BCUT2D eigenvalue weighted by Crippen LogP contribution is -2.52. The van der Waals surface area contributed by atoms with Crippen LogP contribution >= 0.6 is 0 Å². The summed E-state index contributed by atoms with van der Waals surface area (Å²) in [5.41, 5.74) is 0.449. The zero-order chi connectivity index (χ0) is 15.3. The third-order valence-corrected chi connectivity index (χ3v) is 4.43. The van der Waals surface area contributed by atoms with Crippen LogP contribution in [0.3, 0.4) is 0 Å². The first-order valence-corrected chi connectivity index (χ1v) is 8.00. The van der Waals surface area contributed by atoms with Gasteiger partial charge >= 0.3 is 0 Å². The Labute approximate surface area is 124 Å². The van der Waals surface area contributed by atoms with Gasteiger partial charge in [0.1, 0.15) is 11.5 Å². The summed E-state index contributed by atoms with van der Waals surface area (Å²) >= 11 is 0. The molecule has 0 unspecified atom stereocenters. The highest BCUT2D eigenvalue weighted by Crippen LogP contribution is 2.10. The molecular weight excluding hydrogens is 292 g/mol. The Morgan fingerprint density at radius 1 is 1.33 bits per heavy atom. The van der Waals surface area contributed by atoms with Crippen LogP contribution in [0.15, 0.2) is 23.4 Å². The third kappa shape index (κ3) is 4.49. The average Bonchev–Trinajstić information content (AvgIpc) is 2.48. The molecule has 1 aliphatic heterocycles. The maximum Gasteiger partial charge on any atom is 0.255 e. The van der Waals surface area contributed by atoms with Gasteiger partial charge in [-0.2, -0.15) is 0 Å². The quantitative estimate of drug-likeness (QED) is 0.687. The van der Waals surface area contributed by atoms with E-state index in [2.05, 4.69) is 26.6 Å². The SMILES string of the molecule is CN1CCN(NS(=O)(=O)c2cncc(C#CCO)c2)CC1. The summed E-state index contributed by atoms with van der Waals surface area (Å²) in [5, 5.41) is 10.3. The van der Waals surface area contributed by atoms with Crippen LogP contribution in [0.25, 0.3) is 0 Å². The molecule has 0 radical (unpaired) electrons. The van der Waals surface area contributed by atoms with Gasteiger partial charge in [0.2, 0.25) is 0 Å². The third-order valence-electron chi connectivity index (χ3n) is 3.09. The largest absolute Gasteiger partial charge is 0.384 e. The topological polar surface area (TPSA) is 85.8 Å². The number of aromatic nitrogens is 1. The molecule has 7 nitrogen and oxygen atoms in total. The second-order valence-corrected chi connectivity index (χ2v) is 6.42. The van der Waals surface area contributed by atoms with Gasteiger partial charge in [-0.25, -0.2) is 13.4 Å². The number of piperazine rings is 1. The fourth-order valence-electron chi connectivity index (χ4n) is 1.90. The summed E-state index contributed by atoms with van der Waals surface area (Å²) < 4.78 is 24.6. The molecule has 0 bridgehead atoms. The number of hydrogen-bond donors (Lipinski definition) is 2. The van der Waals surface area contributed by atoms with Gasteiger partial charge in [-0.3, -0.25) is 4.98 Å². The molecule has 0 saturated carbocycles. The summed E-state index contributed by atoms with van der Waals surface area (Å²) in [4.78, 5) is 8.63. The fourth-order valence-corrected chi connectivity index (χ4v) is 3.01. The van der Waals surface area contributed by atoms with Crippen molar-refractivity contribution in [2.24, 2.45) is 0 Å². The molecule has 114 valence electrons. The van der Waals surface area contributed by atoms with Gasteiger partial charge in [0.15, 0.2) is 0 Å². The van der Waals surface area contributed by atoms with E-state index in [4.69, 9.17) is 5.11 Å². The first kappa shape index (κ1) is 15.9. The molecule has 0 aromatic carbocycles. The van der Waals surface area contributed by atoms with E-state index >= 15 is 0 Å². The smallest absolute Gasteiger partial charge is 0.255 e. The van der Waals surface area contributed by atoms with E-state index in [0.717, 1.165) is 13.1 Å². The normalized spacial score (nSPS) is 17.2. The van der Waals surface area contributed by atoms with Crippen molar-refractivity contribution < 1.29 is 13.5 Å². The first-order chi connectivity index (χ1) is 10.0. The Morgan fingerprint density at radius 2 is 2.05 bits per heavy atom. The maximum absolute atomic E-state index is 12.3. The molecule has 1 fully saturated rings. The van der Waals surface area contributed by atoms with E-state index in [1.165, 1.54) is 18.5 Å². The molecular formula is C13H18N4O3S. The predicted molar refractivity (Wildman–Crippen MR) is 77.6 cm³/mol. The minimum absolute atomic E-state index is 0.0613. The summed E-state index contributed by atoms with van der Waals surface area (Å²) in [7, 11) is -1.66. The van der Waals surface area contributed by atoms with Gasteiger partial charge in [-0.15, -0.1) is 4.83 Å². The van der Waals surface area contributed by atoms with E-state index in [9.17, 15) is 8.42 Å². The number of rotatable bonds is 3. The zero-order valence-corrected chi connectivity index (χ0v) is 12.6. The number of likely N-dealkylation sites (N-methyl/N-ethyl adjacent to an activating group) is 1. The lowest BCUT2D eigenvalue weighted by atomic mass is 10.3. The van der Waals surface area contributed by atoms with Crippen molar-refractivity contribution in [3.8, 4) is 11.8 Å². The summed E-state index contributed by atoms with van der Waals surface area (Å²) in [5.74, 6) is 5.11. The van der Waals surface area contributed by atoms with E-state index in [-0.39, 0.29) is 11.5 Å². The molecule has 0 spiro atoms. The molecule has 1 aromatic rings. The van der Waals surface area contributed by atoms with Gasteiger partial charge in [0, 0.05) is 44.1 Å². The highest BCUT2D eigenvalue weighted by atomic mass is 32.2. The van der Waals surface area contributed by atoms with E-state index in [1.807, 2.05) is 7.05 Å². The van der Waals surface area contributed by atoms with Gasteiger partial charge in [0.05, 0.1) is 0 Å². The van der Waals surface area contributed by atoms with Gasteiger partial charge in [0.25, 0.3) is 10.0 Å². The second-order valence-electron chi connectivity index (χ2n) is 4.75. The van der Waals surface area contributed by atoms with Crippen molar-refractivity contribution >= 4 is 10.0 Å². The van der Waals surface area contributed by atoms with Crippen molar-refractivity contribution in [2.75, 3.05) is 39.8 Å². The van der Waals surface area contributed by atoms with Crippen molar-refractivity contribution in [2.45, 2.75) is 4.90 Å². The Kier molecular flexibility index (Phi) is 5.27. The van der Waals surface area contributed by atoms with Crippen LogP contribution in [-0.4, -0.2) is 68.3 Å². The summed E-state index contributed by atoms with van der Waals surface area (Å²) in [6.45, 7) is 2.60. The summed E-state index contributed by atoms with van der Waals surface area (Å²) in [6.07, 6.45) is 2.74. The maximum atomic E-state index is 12.3. The summed E-state index contributed by atoms with van der Waals surface area (Å²) in [6, 6.07) is 1.44. The van der Waals surface area contributed by atoms with Crippen LogP contribution in [0, 0.1) is 11.8 Å². The number of aliphatic hydroxyl groups is 1. The molecule has 8 heteroatoms. The highest BCUT2D eigenvalue weighted by Gasteiger charge is 2.21. The highest BCUT2D eigenvalue weighted by molar-refractivity contribution is 7.89. The van der Waals surface area contributed by atoms with Crippen LogP contribution in [0.1, 0.15) is 5.56 Å². The minimum Gasteiger partial charge on any atom is -0.384 e. The number of nitrogens with one attached hydrogen (secondary N) is 1. The molecule has 2 rings (SSSR count). The molecule has 1 saturated heterocycles. The predicted octanol–water partition coefficient (Wildman–Crippen LogP) is -1.13. The van der Waals surface area contributed by atoms with E-state index < -0.39 is 10.0 Å². The van der Waals surface area contributed by atoms with Crippen LogP contribution in [-0.2, 0) is 10.0 Å². The molecule has 2 heterocycles. The molecule has 21 heavy (non-hydrogen) atoms. The van der Waals surface area contributed by atoms with Gasteiger partial charge in [-0.05, 0) is 13.1 Å². The Bertz CT molecular complexity index is 643. The minimum atomic E-state index is -3.66. The van der Waals surface area contributed by atoms with Crippen LogP contribution in [0.5, 0.6) is 0 Å². The van der Waals surface area contributed by atoms with Crippen LogP contribution in [0.2, 0.25) is 0 Å². The molecule has 1 aromatic heterocycles. The Morgan fingerprint density at radius 3 is 2.71 bits per heavy atom. The van der Waals surface area contributed by atoms with Crippen molar-refractivity contribution in [1.82, 2.24) is 19.7 Å². The number of aliphatic hydroxyl groups excluding tert-OH is 1. The number of hydrogen-bond acceptors (Lipinski definition) is 6. The first-order valence-electron chi connectivity index (χ1n) is 6.52. The molecule has 0 amide bonds. The lowest BCUT2D eigenvalue weighted by Gasteiger charge is -2.32. The zero-order valence-electron chi connectivity index (χ0n) is 11.8. The molecule has 0 aliphatic carbocycles. The standard InChI is InChI=1S/C13H18N4O3S/c1-16-4-6-17(7-5-16)15-21(19,20)13-9-12(3-2-8-18)10-14-11-13/h9-11,15,18H,4-8H2,1H3. The molecule has 2 N–H and O–H groups in total. The van der Waals surface area contributed by atoms with E-state index in [1.54, 1.807) is 5.01 Å². The Hall–Kier alpha value is -1.50. The Balaban J connectivity index is 2.12. The van der Waals surface area contributed by atoms with Crippen molar-refractivity contribution in [3.05, 3.63) is 24.0 Å².